The highest BCUT2D eigenvalue weighted by Crippen LogP contribution is 2.34. The van der Waals surface area contributed by atoms with E-state index in [1.165, 1.54) is 0 Å². The maximum absolute atomic E-state index is 6.18. The zero-order valence-corrected chi connectivity index (χ0v) is 13.2. The van der Waals surface area contributed by atoms with Gasteiger partial charge in [0.2, 0.25) is 0 Å². The Hall–Kier alpha value is -0.610. The molecule has 0 bridgehead atoms. The molecule has 1 heterocycles. The second-order valence-corrected chi connectivity index (χ2v) is 6.20. The van der Waals surface area contributed by atoms with Gasteiger partial charge >= 0.3 is 0 Å². The van der Waals surface area contributed by atoms with Gasteiger partial charge in [-0.2, -0.15) is 0 Å². The Balaban J connectivity index is 2.19. The number of anilines is 1. The smallest absolute Gasteiger partial charge is 0.134 e. The summed E-state index contributed by atoms with van der Waals surface area (Å²) in [5.74, 6) is 0.608. The Morgan fingerprint density at radius 1 is 1.21 bits per heavy atom. The van der Waals surface area contributed by atoms with Gasteiger partial charge in [0.15, 0.2) is 0 Å². The molecular weight excluding hydrogens is 323 g/mol. The number of halogens is 3. The van der Waals surface area contributed by atoms with E-state index in [-0.39, 0.29) is 0 Å². The number of thioether (sulfide) groups is 1. The molecule has 0 aliphatic heterocycles. The first-order valence-electron chi connectivity index (χ1n) is 5.46. The van der Waals surface area contributed by atoms with Crippen LogP contribution in [0.4, 0.5) is 5.69 Å². The van der Waals surface area contributed by atoms with Crippen molar-refractivity contribution in [2.45, 2.75) is 17.6 Å². The molecule has 100 valence electrons. The zero-order chi connectivity index (χ0) is 14.0. The van der Waals surface area contributed by atoms with Crippen molar-refractivity contribution in [1.29, 1.82) is 0 Å². The number of pyridine rings is 1. The second kappa shape index (κ2) is 6.23. The molecule has 0 unspecified atom stereocenters. The fraction of sp³-hybridized carbons (Fsp3) is 0.154. The Morgan fingerprint density at radius 2 is 1.95 bits per heavy atom. The van der Waals surface area contributed by atoms with Crippen molar-refractivity contribution in [1.82, 2.24) is 4.98 Å². The normalized spacial score (nSPS) is 10.7. The largest absolute Gasteiger partial charge is 0.398 e. The summed E-state index contributed by atoms with van der Waals surface area (Å²) in [5.41, 5.74) is 8.16. The van der Waals surface area contributed by atoms with Crippen LogP contribution in [-0.2, 0) is 5.75 Å². The molecule has 1 aromatic carbocycles. The highest BCUT2D eigenvalue weighted by Gasteiger charge is 2.10. The average Bonchev–Trinajstić information content (AvgIpc) is 2.30. The summed E-state index contributed by atoms with van der Waals surface area (Å²) in [5, 5.41) is 1.68. The topological polar surface area (TPSA) is 38.9 Å². The first-order chi connectivity index (χ1) is 8.97. The highest BCUT2D eigenvalue weighted by molar-refractivity contribution is 7.98. The molecule has 2 N–H and O–H groups in total. The zero-order valence-electron chi connectivity index (χ0n) is 10.1. The van der Waals surface area contributed by atoms with Crippen LogP contribution in [-0.4, -0.2) is 4.98 Å². The van der Waals surface area contributed by atoms with Crippen molar-refractivity contribution in [3.63, 3.8) is 0 Å². The van der Waals surface area contributed by atoms with Gasteiger partial charge in [0.1, 0.15) is 5.15 Å². The summed E-state index contributed by atoms with van der Waals surface area (Å²) in [7, 11) is 0. The number of aromatic nitrogens is 1. The molecule has 2 aromatic rings. The number of nitrogens with zero attached hydrogens (tertiary/aromatic N) is 1. The Kier molecular flexibility index (Phi) is 4.85. The van der Waals surface area contributed by atoms with Gasteiger partial charge in [-0.05, 0) is 31.2 Å². The van der Waals surface area contributed by atoms with Gasteiger partial charge in [0, 0.05) is 37.6 Å². The van der Waals surface area contributed by atoms with Crippen molar-refractivity contribution in [2.24, 2.45) is 0 Å². The molecule has 0 saturated carbocycles. The number of nitrogens with two attached hydrogens (primary N) is 1. The number of aryl methyl sites for hydroxylation is 1. The quantitative estimate of drug-likeness (QED) is 0.475. The van der Waals surface area contributed by atoms with Gasteiger partial charge in [0.25, 0.3) is 0 Å². The Morgan fingerprint density at radius 3 is 2.58 bits per heavy atom. The lowest BCUT2D eigenvalue weighted by Crippen LogP contribution is -1.93. The lowest BCUT2D eigenvalue weighted by molar-refractivity contribution is 1.16. The Labute approximate surface area is 131 Å². The highest BCUT2D eigenvalue weighted by atomic mass is 35.5. The summed E-state index contributed by atoms with van der Waals surface area (Å²) in [6.07, 6.45) is 0. The minimum absolute atomic E-state index is 0.435. The SMILES string of the molecule is Cc1cc(Cl)c(CSc2ccc(Cl)cc2N)c(Cl)n1. The van der Waals surface area contributed by atoms with E-state index in [1.807, 2.05) is 13.0 Å². The van der Waals surface area contributed by atoms with Gasteiger partial charge in [-0.25, -0.2) is 4.98 Å². The van der Waals surface area contributed by atoms with Crippen LogP contribution in [0.3, 0.4) is 0 Å². The fourth-order valence-electron chi connectivity index (χ4n) is 1.55. The second-order valence-electron chi connectivity index (χ2n) is 3.99. The molecule has 1 aromatic heterocycles. The molecule has 0 fully saturated rings. The molecule has 0 aliphatic carbocycles. The van der Waals surface area contributed by atoms with Crippen LogP contribution in [0.2, 0.25) is 15.2 Å². The number of hydrogen-bond donors (Lipinski definition) is 1. The molecule has 0 amide bonds. The maximum Gasteiger partial charge on any atom is 0.134 e. The molecule has 19 heavy (non-hydrogen) atoms. The maximum atomic E-state index is 6.18. The fourth-order valence-corrected chi connectivity index (χ4v) is 3.54. The summed E-state index contributed by atoms with van der Waals surface area (Å²) < 4.78 is 0. The molecule has 0 atom stereocenters. The molecule has 6 heteroatoms. The molecule has 2 nitrogen and oxygen atoms in total. The van der Waals surface area contributed by atoms with Crippen molar-refractivity contribution in [3.8, 4) is 0 Å². The van der Waals surface area contributed by atoms with E-state index in [1.54, 1.807) is 30.0 Å². The molecule has 0 radical (unpaired) electrons. The van der Waals surface area contributed by atoms with Crippen LogP contribution < -0.4 is 5.73 Å². The van der Waals surface area contributed by atoms with Crippen LogP contribution in [0.15, 0.2) is 29.2 Å². The van der Waals surface area contributed by atoms with Crippen LogP contribution in [0.1, 0.15) is 11.3 Å². The van der Waals surface area contributed by atoms with Crippen LogP contribution in [0.25, 0.3) is 0 Å². The van der Waals surface area contributed by atoms with Crippen LogP contribution in [0.5, 0.6) is 0 Å². The summed E-state index contributed by atoms with van der Waals surface area (Å²) in [4.78, 5) is 5.14. The molecule has 0 spiro atoms. The van der Waals surface area contributed by atoms with Gasteiger partial charge in [-0.1, -0.05) is 34.8 Å². The van der Waals surface area contributed by atoms with E-state index < -0.39 is 0 Å². The van der Waals surface area contributed by atoms with E-state index in [2.05, 4.69) is 4.98 Å². The molecule has 2 rings (SSSR count). The first kappa shape index (κ1) is 14.8. The molecular formula is C13H11Cl3N2S. The van der Waals surface area contributed by atoms with E-state index in [0.29, 0.717) is 26.6 Å². The lowest BCUT2D eigenvalue weighted by atomic mass is 10.3. The third-order valence-corrected chi connectivity index (χ3v) is 4.49. The van der Waals surface area contributed by atoms with Crippen LogP contribution >= 0.6 is 46.6 Å². The Bertz CT molecular complexity index is 594. The van der Waals surface area contributed by atoms with Gasteiger partial charge in [0.05, 0.1) is 0 Å². The summed E-state index contributed by atoms with van der Waals surface area (Å²) in [6.45, 7) is 1.85. The van der Waals surface area contributed by atoms with Gasteiger partial charge in [-0.3, -0.25) is 0 Å². The van der Waals surface area contributed by atoms with Gasteiger partial charge < -0.3 is 5.73 Å². The van der Waals surface area contributed by atoms with Crippen molar-refractivity contribution in [2.75, 3.05) is 5.73 Å². The third-order valence-electron chi connectivity index (χ3n) is 2.49. The van der Waals surface area contributed by atoms with E-state index in [4.69, 9.17) is 40.5 Å². The van der Waals surface area contributed by atoms with Crippen molar-refractivity contribution in [3.05, 3.63) is 50.7 Å². The number of hydrogen-bond acceptors (Lipinski definition) is 3. The standard InChI is InChI=1S/C13H11Cl3N2S/c1-7-4-10(15)9(13(16)18-7)6-19-12-3-2-8(14)5-11(12)17/h2-5H,6,17H2,1H3. The molecule has 0 aliphatic rings. The number of nitrogen functional groups attached to an aromatic ring is 1. The summed E-state index contributed by atoms with van der Waals surface area (Å²) >= 11 is 19.7. The van der Waals surface area contributed by atoms with E-state index in [9.17, 15) is 0 Å². The van der Waals surface area contributed by atoms with Crippen molar-refractivity contribution < 1.29 is 0 Å². The number of rotatable bonds is 3. The van der Waals surface area contributed by atoms with E-state index >= 15 is 0 Å². The lowest BCUT2D eigenvalue weighted by Gasteiger charge is -2.09. The monoisotopic (exact) mass is 332 g/mol. The summed E-state index contributed by atoms with van der Waals surface area (Å²) in [6, 6.07) is 7.21. The van der Waals surface area contributed by atoms with Gasteiger partial charge in [-0.15, -0.1) is 11.8 Å². The van der Waals surface area contributed by atoms with E-state index in [0.717, 1.165) is 16.2 Å². The average molecular weight is 334 g/mol. The van der Waals surface area contributed by atoms with Crippen LogP contribution in [0, 0.1) is 6.92 Å². The minimum atomic E-state index is 0.435. The number of benzene rings is 1. The first-order valence-corrected chi connectivity index (χ1v) is 7.58. The van der Waals surface area contributed by atoms with Crippen molar-refractivity contribution >= 4 is 52.3 Å². The predicted octanol–water partition coefficient (Wildman–Crippen LogP) is 5.22. The molecule has 0 saturated heterocycles. The third kappa shape index (κ3) is 3.69. The minimum Gasteiger partial charge on any atom is -0.398 e. The predicted molar refractivity (Wildman–Crippen MR) is 84.4 cm³/mol.